The molecule has 204 valence electrons. The molecular formula is C38H26N4O. The molecule has 1 aliphatic rings. The molecule has 4 aromatic carbocycles. The second-order valence-corrected chi connectivity index (χ2v) is 11.1. The van der Waals surface area contributed by atoms with Gasteiger partial charge in [-0.25, -0.2) is 4.98 Å². The zero-order chi connectivity index (χ0) is 28.5. The van der Waals surface area contributed by atoms with Crippen LogP contribution in [0.3, 0.4) is 0 Å². The fourth-order valence-electron chi connectivity index (χ4n) is 6.70. The number of fused-ring (bicyclic) bond motifs is 10. The molecule has 0 atom stereocenters. The number of allylic oxidation sites excluding steroid dienone is 2. The summed E-state index contributed by atoms with van der Waals surface area (Å²) >= 11 is 0. The SMILES string of the molecule is CN1CC=CC=C1c1cc(-n2c3ccccc3c3c4ccccc4c4c5ccccc5oc4c32)cc(-c2ccccn2)n1. The Balaban J connectivity index is 1.48. The first-order valence-corrected chi connectivity index (χ1v) is 14.5. The van der Waals surface area contributed by atoms with Crippen molar-refractivity contribution in [1.29, 1.82) is 0 Å². The lowest BCUT2D eigenvalue weighted by Crippen LogP contribution is -2.19. The van der Waals surface area contributed by atoms with Gasteiger partial charge in [-0.05, 0) is 53.2 Å². The van der Waals surface area contributed by atoms with Gasteiger partial charge in [0, 0.05) is 41.3 Å². The Morgan fingerprint density at radius 2 is 1.42 bits per heavy atom. The van der Waals surface area contributed by atoms with E-state index in [1.807, 2.05) is 30.5 Å². The number of aromatic nitrogens is 3. The molecule has 0 radical (unpaired) electrons. The van der Waals surface area contributed by atoms with Gasteiger partial charge in [0.15, 0.2) is 5.58 Å². The summed E-state index contributed by atoms with van der Waals surface area (Å²) in [6.07, 6.45) is 8.22. The fourth-order valence-corrected chi connectivity index (χ4v) is 6.70. The van der Waals surface area contributed by atoms with Gasteiger partial charge in [-0.2, -0.15) is 0 Å². The van der Waals surface area contributed by atoms with E-state index >= 15 is 0 Å². The monoisotopic (exact) mass is 554 g/mol. The third kappa shape index (κ3) is 3.52. The molecule has 5 heteroatoms. The number of furan rings is 1. The first-order chi connectivity index (χ1) is 21.3. The van der Waals surface area contributed by atoms with Gasteiger partial charge >= 0.3 is 0 Å². The molecule has 0 saturated heterocycles. The van der Waals surface area contributed by atoms with Crippen LogP contribution in [0.15, 0.2) is 132 Å². The van der Waals surface area contributed by atoms with Gasteiger partial charge in [-0.15, -0.1) is 0 Å². The number of pyridine rings is 2. The molecule has 0 spiro atoms. The van der Waals surface area contributed by atoms with Crippen LogP contribution in [0.5, 0.6) is 0 Å². The third-order valence-corrected chi connectivity index (χ3v) is 8.59. The lowest BCUT2D eigenvalue weighted by Gasteiger charge is -2.24. The molecule has 8 aromatic rings. The summed E-state index contributed by atoms with van der Waals surface area (Å²) in [6, 6.07) is 36.0. The molecule has 1 aliphatic heterocycles. The molecule has 5 heterocycles. The molecule has 0 N–H and O–H groups in total. The zero-order valence-corrected chi connectivity index (χ0v) is 23.5. The predicted octanol–water partition coefficient (Wildman–Crippen LogP) is 9.14. The Kier molecular flexibility index (Phi) is 5.11. The second-order valence-electron chi connectivity index (χ2n) is 11.1. The summed E-state index contributed by atoms with van der Waals surface area (Å²) in [4.78, 5) is 12.1. The lowest BCUT2D eigenvalue weighted by molar-refractivity contribution is 0.529. The van der Waals surface area contributed by atoms with Gasteiger partial charge in [-0.1, -0.05) is 78.9 Å². The number of likely N-dealkylation sites (N-methyl/N-ethyl adjacent to an activating group) is 1. The van der Waals surface area contributed by atoms with Crippen LogP contribution in [0.4, 0.5) is 0 Å². The topological polar surface area (TPSA) is 47.1 Å². The first kappa shape index (κ1) is 24.0. The molecule has 9 rings (SSSR count). The number of hydrogen-bond donors (Lipinski definition) is 0. The highest BCUT2D eigenvalue weighted by atomic mass is 16.3. The average Bonchev–Trinajstić information content (AvgIpc) is 3.62. The smallest absolute Gasteiger partial charge is 0.160 e. The summed E-state index contributed by atoms with van der Waals surface area (Å²) in [5, 5.41) is 7.05. The van der Waals surface area contributed by atoms with Crippen LogP contribution < -0.4 is 0 Å². The third-order valence-electron chi connectivity index (χ3n) is 8.59. The number of hydrogen-bond acceptors (Lipinski definition) is 4. The fraction of sp³-hybridized carbons (Fsp3) is 0.0526. The number of rotatable bonds is 3. The van der Waals surface area contributed by atoms with Crippen LogP contribution >= 0.6 is 0 Å². The normalized spacial score (nSPS) is 13.6. The lowest BCUT2D eigenvalue weighted by atomic mass is 9.99. The average molecular weight is 555 g/mol. The van der Waals surface area contributed by atoms with E-state index in [0.717, 1.165) is 68.0 Å². The van der Waals surface area contributed by atoms with Crippen molar-refractivity contribution in [3.8, 4) is 17.1 Å². The molecule has 0 amide bonds. The van der Waals surface area contributed by atoms with E-state index in [0.29, 0.717) is 0 Å². The van der Waals surface area contributed by atoms with Gasteiger partial charge in [-0.3, -0.25) is 4.98 Å². The standard InChI is InChI=1S/C38H26N4O/c1-41-21-11-9-18-33(41)31-23-24(22-30(40-31)29-16-8-10-20-39-29)42-32-17-6-4-14-27(32)35-25-12-2-3-13-26(25)36-28-15-5-7-19-34(28)43-38(36)37(35)42/h2-20,22-23H,21H2,1H3. The molecule has 43 heavy (non-hydrogen) atoms. The second kappa shape index (κ2) is 9.16. The van der Waals surface area contributed by atoms with E-state index in [-0.39, 0.29) is 0 Å². The molecule has 0 unspecified atom stereocenters. The van der Waals surface area contributed by atoms with Crippen LogP contribution in [-0.4, -0.2) is 33.0 Å². The minimum atomic E-state index is 0.824. The van der Waals surface area contributed by atoms with E-state index in [9.17, 15) is 0 Å². The maximum atomic E-state index is 6.77. The van der Waals surface area contributed by atoms with Crippen molar-refractivity contribution in [1.82, 2.24) is 19.4 Å². The van der Waals surface area contributed by atoms with Crippen molar-refractivity contribution >= 4 is 60.2 Å². The molecular weight excluding hydrogens is 528 g/mol. The maximum absolute atomic E-state index is 6.77. The Morgan fingerprint density at radius 1 is 0.698 bits per heavy atom. The van der Waals surface area contributed by atoms with Crippen molar-refractivity contribution in [2.75, 3.05) is 13.6 Å². The van der Waals surface area contributed by atoms with Gasteiger partial charge in [0.25, 0.3) is 0 Å². The summed E-state index contributed by atoms with van der Waals surface area (Å²) in [7, 11) is 2.11. The quantitative estimate of drug-likeness (QED) is 0.218. The van der Waals surface area contributed by atoms with Crippen LogP contribution in [0, 0.1) is 0 Å². The predicted molar refractivity (Wildman–Crippen MR) is 176 cm³/mol. The summed E-state index contributed by atoms with van der Waals surface area (Å²) < 4.78 is 9.13. The van der Waals surface area contributed by atoms with Crippen molar-refractivity contribution in [3.63, 3.8) is 0 Å². The summed E-state index contributed by atoms with van der Waals surface area (Å²) in [5.41, 5.74) is 8.59. The highest BCUT2D eigenvalue weighted by Gasteiger charge is 2.24. The summed E-state index contributed by atoms with van der Waals surface area (Å²) in [6.45, 7) is 0.831. The van der Waals surface area contributed by atoms with Crippen LogP contribution in [0.25, 0.3) is 77.3 Å². The highest BCUT2D eigenvalue weighted by molar-refractivity contribution is 6.35. The van der Waals surface area contributed by atoms with E-state index < -0.39 is 0 Å². The van der Waals surface area contributed by atoms with Crippen LogP contribution in [0.2, 0.25) is 0 Å². The maximum Gasteiger partial charge on any atom is 0.160 e. The van der Waals surface area contributed by atoms with Gasteiger partial charge in [0.1, 0.15) is 5.58 Å². The zero-order valence-electron chi connectivity index (χ0n) is 23.5. The van der Waals surface area contributed by atoms with E-state index in [4.69, 9.17) is 9.40 Å². The summed E-state index contributed by atoms with van der Waals surface area (Å²) in [5.74, 6) is 0. The van der Waals surface area contributed by atoms with E-state index in [2.05, 4.69) is 119 Å². The first-order valence-electron chi connectivity index (χ1n) is 14.5. The van der Waals surface area contributed by atoms with Gasteiger partial charge in [0.05, 0.1) is 39.5 Å². The Bertz CT molecular complexity index is 2450. The van der Waals surface area contributed by atoms with E-state index in [1.165, 1.54) is 21.5 Å². The molecule has 0 aliphatic carbocycles. The molecule has 5 nitrogen and oxygen atoms in total. The molecule has 4 aromatic heterocycles. The largest absolute Gasteiger partial charge is 0.454 e. The Hall–Kier alpha value is -5.68. The van der Waals surface area contributed by atoms with Crippen molar-refractivity contribution in [2.45, 2.75) is 0 Å². The van der Waals surface area contributed by atoms with Crippen molar-refractivity contribution in [2.24, 2.45) is 0 Å². The van der Waals surface area contributed by atoms with Crippen LogP contribution in [0.1, 0.15) is 5.69 Å². The molecule has 0 saturated carbocycles. The van der Waals surface area contributed by atoms with Crippen molar-refractivity contribution < 1.29 is 4.42 Å². The van der Waals surface area contributed by atoms with Crippen LogP contribution in [-0.2, 0) is 0 Å². The van der Waals surface area contributed by atoms with Gasteiger partial charge < -0.3 is 13.9 Å². The molecule has 0 bridgehead atoms. The molecule has 0 fully saturated rings. The highest BCUT2D eigenvalue weighted by Crippen LogP contribution is 2.45. The van der Waals surface area contributed by atoms with Crippen molar-refractivity contribution in [3.05, 3.63) is 133 Å². The minimum Gasteiger partial charge on any atom is -0.454 e. The number of para-hydroxylation sites is 2. The number of nitrogens with zero attached hydrogens (tertiary/aromatic N) is 4. The number of benzene rings is 4. The minimum absolute atomic E-state index is 0.824. The van der Waals surface area contributed by atoms with Gasteiger partial charge in [0.2, 0.25) is 0 Å². The van der Waals surface area contributed by atoms with E-state index in [1.54, 1.807) is 0 Å². The Labute approximate surface area is 247 Å². The Morgan fingerprint density at radius 3 is 2.23 bits per heavy atom.